The van der Waals surface area contributed by atoms with E-state index in [1.165, 1.54) is 21.2 Å². The summed E-state index contributed by atoms with van der Waals surface area (Å²) in [5.74, 6) is -0.0655. The number of alkyl carbamates (subject to hydrolysis) is 1. The second kappa shape index (κ2) is 17.4. The number of piperidine rings is 1. The Balaban J connectivity index is 1.02. The van der Waals surface area contributed by atoms with Crippen molar-refractivity contribution in [2.75, 3.05) is 44.7 Å². The molecule has 2 aromatic heterocycles. The lowest BCUT2D eigenvalue weighted by Crippen LogP contribution is -2.51. The van der Waals surface area contributed by atoms with Crippen molar-refractivity contribution in [3.05, 3.63) is 84.2 Å². The molecule has 0 saturated carbocycles. The minimum absolute atomic E-state index is 0.0277. The number of thiazole rings is 1. The summed E-state index contributed by atoms with van der Waals surface area (Å²) in [5.41, 5.74) is 2.81. The van der Waals surface area contributed by atoms with Crippen LogP contribution >= 0.6 is 11.3 Å². The molecule has 5 atom stereocenters. The predicted molar refractivity (Wildman–Crippen MR) is 207 cm³/mol. The zero-order chi connectivity index (χ0) is 37.7. The number of nitrogens with one attached hydrogen (secondary N) is 2. The highest BCUT2D eigenvalue weighted by molar-refractivity contribution is 7.89. The van der Waals surface area contributed by atoms with Gasteiger partial charge in [0.25, 0.3) is 0 Å². The largest absolute Gasteiger partial charge is 0.443 e. The van der Waals surface area contributed by atoms with Gasteiger partial charge in [-0.25, -0.2) is 18.2 Å². The van der Waals surface area contributed by atoms with Crippen molar-refractivity contribution in [3.63, 3.8) is 0 Å². The van der Waals surface area contributed by atoms with Gasteiger partial charge in [-0.3, -0.25) is 9.88 Å². The third-order valence-corrected chi connectivity index (χ3v) is 13.1. The fraction of sp³-hybridized carbons (Fsp3) is 0.513. The molecule has 3 N–H and O–H groups in total. The summed E-state index contributed by atoms with van der Waals surface area (Å²) in [7, 11) is -4.05. The van der Waals surface area contributed by atoms with E-state index in [-0.39, 0.29) is 55.2 Å². The van der Waals surface area contributed by atoms with E-state index >= 15 is 0 Å². The van der Waals surface area contributed by atoms with Crippen molar-refractivity contribution in [3.8, 4) is 0 Å². The zero-order valence-corrected chi connectivity index (χ0v) is 32.4. The zero-order valence-electron chi connectivity index (χ0n) is 30.7. The van der Waals surface area contributed by atoms with Gasteiger partial charge in [-0.05, 0) is 67.0 Å². The number of amides is 1. The third kappa shape index (κ3) is 9.56. The van der Waals surface area contributed by atoms with Gasteiger partial charge in [0.1, 0.15) is 6.10 Å². The number of ether oxygens (including phenoxy) is 3. The van der Waals surface area contributed by atoms with E-state index in [2.05, 4.69) is 26.6 Å². The van der Waals surface area contributed by atoms with Crippen LogP contribution in [0.2, 0.25) is 0 Å². The van der Waals surface area contributed by atoms with Crippen molar-refractivity contribution in [1.82, 2.24) is 24.5 Å². The van der Waals surface area contributed by atoms with Gasteiger partial charge in [0.2, 0.25) is 10.0 Å². The Bertz CT molecular complexity index is 1940. The van der Waals surface area contributed by atoms with E-state index in [4.69, 9.17) is 19.2 Å². The number of benzene rings is 2. The van der Waals surface area contributed by atoms with E-state index in [1.54, 1.807) is 24.4 Å². The molecular weight excluding hydrogens is 729 g/mol. The molecule has 7 rings (SSSR count). The molecular formula is C39H50N6O7S2. The van der Waals surface area contributed by atoms with Gasteiger partial charge in [0, 0.05) is 51.2 Å². The Morgan fingerprint density at radius 3 is 2.61 bits per heavy atom. The average molecular weight is 779 g/mol. The van der Waals surface area contributed by atoms with Gasteiger partial charge in [-0.1, -0.05) is 61.6 Å². The standard InChI is InChI=1S/C39H50N6O7S2/c1-26(2)22-45(24-34(46)33(19-27-7-4-3-5-8-27)43-39(47)52-35-25-51-37-31(35)14-18-50-37)54(48,49)30-10-11-32-36(20-30)53-38(42-32)41-29-12-16-44(17-13-29)23-28-9-6-15-40-21-28/h3-11,15,20-21,26,29,31,33-35,37,46H,12-14,16-19,22-25H2,1-2H3,(H,41,42)(H,43,47)/t31-,33-,34+,35-,37+/m0/s1. The highest BCUT2D eigenvalue weighted by Crippen LogP contribution is 2.34. The first-order valence-corrected chi connectivity index (χ1v) is 21.1. The number of nitrogens with zero attached hydrogens (tertiary/aromatic N) is 4. The predicted octanol–water partition coefficient (Wildman–Crippen LogP) is 4.87. The average Bonchev–Trinajstić information content (AvgIpc) is 3.89. The van der Waals surface area contributed by atoms with E-state index in [9.17, 15) is 18.3 Å². The van der Waals surface area contributed by atoms with Gasteiger partial charge >= 0.3 is 6.09 Å². The third-order valence-electron chi connectivity index (χ3n) is 10.3. The first-order valence-electron chi connectivity index (χ1n) is 18.8. The molecule has 13 nitrogen and oxygen atoms in total. The fourth-order valence-corrected chi connectivity index (χ4v) is 10.2. The minimum atomic E-state index is -4.05. The number of pyridine rings is 1. The van der Waals surface area contributed by atoms with Crippen molar-refractivity contribution < 1.29 is 32.5 Å². The van der Waals surface area contributed by atoms with Crippen LogP contribution in [0.4, 0.5) is 9.93 Å². The smallest absolute Gasteiger partial charge is 0.407 e. The lowest BCUT2D eigenvalue weighted by Gasteiger charge is -2.32. The Morgan fingerprint density at radius 1 is 1.06 bits per heavy atom. The molecule has 15 heteroatoms. The van der Waals surface area contributed by atoms with Crippen LogP contribution in [-0.4, -0.2) is 109 Å². The van der Waals surface area contributed by atoms with E-state index in [0.717, 1.165) is 59.8 Å². The molecule has 0 spiro atoms. The Hall–Kier alpha value is -3.70. The fourth-order valence-electron chi connectivity index (χ4n) is 7.47. The number of likely N-dealkylation sites (tertiary alicyclic amines) is 1. The minimum Gasteiger partial charge on any atom is -0.443 e. The highest BCUT2D eigenvalue weighted by atomic mass is 32.2. The lowest BCUT2D eigenvalue weighted by atomic mass is 10.0. The highest BCUT2D eigenvalue weighted by Gasteiger charge is 2.44. The molecule has 290 valence electrons. The quantitative estimate of drug-likeness (QED) is 0.151. The summed E-state index contributed by atoms with van der Waals surface area (Å²) < 4.78 is 47.6. The molecule has 2 aromatic carbocycles. The SMILES string of the molecule is CC(C)CN(C[C@@H](O)[C@H](Cc1ccccc1)NC(=O)O[C@H]1CO[C@H]2OCC[C@H]21)S(=O)(=O)c1ccc2nc(NC3CCN(Cc4cccnc4)CC3)sc2c1. The molecule has 0 bridgehead atoms. The number of carbonyl (C=O) groups is 1. The molecule has 3 aliphatic rings. The van der Waals surface area contributed by atoms with Crippen molar-refractivity contribution in [1.29, 1.82) is 0 Å². The summed E-state index contributed by atoms with van der Waals surface area (Å²) in [4.78, 5) is 24.8. The van der Waals surface area contributed by atoms with Crippen LogP contribution in [0.1, 0.15) is 44.2 Å². The van der Waals surface area contributed by atoms with Crippen molar-refractivity contribution in [2.24, 2.45) is 11.8 Å². The van der Waals surface area contributed by atoms with Crippen LogP contribution in [0.25, 0.3) is 10.2 Å². The summed E-state index contributed by atoms with van der Waals surface area (Å²) in [6, 6.07) is 18.0. The molecule has 3 fully saturated rings. The number of aliphatic hydroxyl groups is 1. The number of anilines is 1. The summed E-state index contributed by atoms with van der Waals surface area (Å²) in [6.45, 7) is 7.42. The number of hydrogen-bond donors (Lipinski definition) is 3. The van der Waals surface area contributed by atoms with Crippen LogP contribution in [0.3, 0.4) is 0 Å². The Morgan fingerprint density at radius 2 is 1.85 bits per heavy atom. The molecule has 5 heterocycles. The van der Waals surface area contributed by atoms with Gasteiger partial charge in [0.15, 0.2) is 11.4 Å². The van der Waals surface area contributed by atoms with Gasteiger partial charge in [-0.15, -0.1) is 0 Å². The second-order valence-corrected chi connectivity index (χ2v) is 17.9. The summed E-state index contributed by atoms with van der Waals surface area (Å²) in [5, 5.41) is 18.9. The van der Waals surface area contributed by atoms with Crippen LogP contribution in [0, 0.1) is 11.8 Å². The topological polar surface area (TPSA) is 155 Å². The van der Waals surface area contributed by atoms with Crippen LogP contribution in [-0.2, 0) is 37.2 Å². The van der Waals surface area contributed by atoms with Crippen molar-refractivity contribution >= 4 is 42.8 Å². The maximum atomic E-state index is 14.3. The number of carbonyl (C=O) groups excluding carboxylic acids is 1. The van der Waals surface area contributed by atoms with Gasteiger partial charge in [-0.2, -0.15) is 4.31 Å². The molecule has 3 saturated heterocycles. The molecule has 4 aromatic rings. The summed E-state index contributed by atoms with van der Waals surface area (Å²) in [6.07, 6.45) is 3.90. The number of sulfonamides is 1. The monoisotopic (exact) mass is 778 g/mol. The maximum Gasteiger partial charge on any atom is 0.407 e. The number of aromatic nitrogens is 2. The molecule has 0 unspecified atom stereocenters. The lowest BCUT2D eigenvalue weighted by molar-refractivity contribution is -0.0907. The van der Waals surface area contributed by atoms with Gasteiger partial charge < -0.3 is 30.0 Å². The molecule has 54 heavy (non-hydrogen) atoms. The molecule has 3 aliphatic heterocycles. The van der Waals surface area contributed by atoms with Crippen LogP contribution < -0.4 is 10.6 Å². The molecule has 1 amide bonds. The number of fused-ring (bicyclic) bond motifs is 2. The Labute approximate surface area is 321 Å². The number of rotatable bonds is 15. The molecule has 0 radical (unpaired) electrons. The first kappa shape index (κ1) is 38.6. The van der Waals surface area contributed by atoms with Crippen LogP contribution in [0.5, 0.6) is 0 Å². The Kier molecular flexibility index (Phi) is 12.4. The first-order chi connectivity index (χ1) is 26.1. The maximum absolute atomic E-state index is 14.3. The van der Waals surface area contributed by atoms with E-state index < -0.39 is 34.4 Å². The van der Waals surface area contributed by atoms with Gasteiger partial charge in [0.05, 0.1) is 46.4 Å². The normalized spacial score (nSPS) is 22.1. The second-order valence-electron chi connectivity index (χ2n) is 14.9. The van der Waals surface area contributed by atoms with Crippen molar-refractivity contribution in [2.45, 2.75) is 81.6 Å². The number of aliphatic hydroxyl groups excluding tert-OH is 1. The van der Waals surface area contributed by atoms with E-state index in [0.29, 0.717) is 6.61 Å². The molecule has 0 aliphatic carbocycles. The van der Waals surface area contributed by atoms with Crippen LogP contribution in [0.15, 0.2) is 78.0 Å². The van der Waals surface area contributed by atoms with E-state index in [1.807, 2.05) is 56.4 Å². The number of hydrogen-bond acceptors (Lipinski definition) is 12. The summed E-state index contributed by atoms with van der Waals surface area (Å²) >= 11 is 1.44.